The van der Waals surface area contributed by atoms with Gasteiger partial charge in [-0.2, -0.15) is 5.10 Å². The Labute approximate surface area is 157 Å². The first-order chi connectivity index (χ1) is 13.1. The molecule has 0 aliphatic rings. The maximum absolute atomic E-state index is 9.69. The Hall–Kier alpha value is -3.33. The minimum atomic E-state index is -0.322. The Morgan fingerprint density at radius 3 is 2.63 bits per heavy atom. The molecule has 0 radical (unpaired) electrons. The molecular formula is C18H22N6O3. The lowest BCUT2D eigenvalue weighted by molar-refractivity contribution is 0.276. The van der Waals surface area contributed by atoms with Gasteiger partial charge in [-0.1, -0.05) is 0 Å². The number of rotatable bonds is 8. The molecule has 0 fully saturated rings. The third-order valence-electron chi connectivity index (χ3n) is 3.97. The van der Waals surface area contributed by atoms with Crippen LogP contribution in [-0.4, -0.2) is 45.7 Å². The maximum atomic E-state index is 9.69. The Kier molecular flexibility index (Phi) is 5.72. The highest BCUT2D eigenvalue weighted by Crippen LogP contribution is 2.31. The Morgan fingerprint density at radius 1 is 1.15 bits per heavy atom. The summed E-state index contributed by atoms with van der Waals surface area (Å²) in [7, 11) is 5.02. The highest BCUT2D eigenvalue weighted by molar-refractivity contribution is 5.67. The van der Waals surface area contributed by atoms with E-state index in [1.807, 2.05) is 25.4 Å². The van der Waals surface area contributed by atoms with Gasteiger partial charge in [0.25, 0.3) is 0 Å². The first kappa shape index (κ1) is 18.5. The molecule has 0 aliphatic heterocycles. The molecular weight excluding hydrogens is 348 g/mol. The van der Waals surface area contributed by atoms with Crippen LogP contribution in [0, 0.1) is 0 Å². The quantitative estimate of drug-likeness (QED) is 0.554. The molecule has 2 aromatic heterocycles. The minimum Gasteiger partial charge on any atom is -0.497 e. The van der Waals surface area contributed by atoms with E-state index in [-0.39, 0.29) is 12.6 Å². The van der Waals surface area contributed by atoms with Crippen molar-refractivity contribution in [3.05, 3.63) is 48.5 Å². The number of aryl methyl sites for hydroxylation is 1. The molecule has 0 amide bonds. The number of nitrogens with zero attached hydrogens (tertiary/aromatic N) is 4. The zero-order valence-electron chi connectivity index (χ0n) is 15.4. The van der Waals surface area contributed by atoms with Gasteiger partial charge in [0.2, 0.25) is 0 Å². The van der Waals surface area contributed by atoms with Gasteiger partial charge in [0.05, 0.1) is 38.8 Å². The Balaban J connectivity index is 1.77. The number of methoxy groups -OCH3 is 2. The molecule has 3 rings (SSSR count). The van der Waals surface area contributed by atoms with Crippen molar-refractivity contribution in [3.63, 3.8) is 0 Å². The van der Waals surface area contributed by atoms with Crippen LogP contribution in [0.1, 0.15) is 11.6 Å². The molecule has 0 spiro atoms. The van der Waals surface area contributed by atoms with Crippen molar-refractivity contribution in [1.82, 2.24) is 19.7 Å². The van der Waals surface area contributed by atoms with E-state index < -0.39 is 0 Å². The molecule has 3 aromatic rings. The largest absolute Gasteiger partial charge is 0.497 e. The number of ether oxygens (including phenoxy) is 2. The van der Waals surface area contributed by atoms with Gasteiger partial charge in [-0.25, -0.2) is 9.97 Å². The first-order valence-electron chi connectivity index (χ1n) is 8.30. The van der Waals surface area contributed by atoms with Crippen molar-refractivity contribution in [2.75, 3.05) is 31.5 Å². The minimum absolute atomic E-state index is 0.0925. The van der Waals surface area contributed by atoms with Gasteiger partial charge in [0.1, 0.15) is 29.5 Å². The molecule has 0 bridgehead atoms. The van der Waals surface area contributed by atoms with Gasteiger partial charge in [-0.15, -0.1) is 0 Å². The molecule has 0 saturated heterocycles. The molecule has 1 atom stereocenters. The fourth-order valence-electron chi connectivity index (χ4n) is 2.58. The van der Waals surface area contributed by atoms with E-state index in [1.54, 1.807) is 37.2 Å². The Bertz CT molecular complexity index is 898. The monoisotopic (exact) mass is 370 g/mol. The number of anilines is 3. The lowest BCUT2D eigenvalue weighted by Gasteiger charge is -2.16. The number of aliphatic hydroxyl groups excluding tert-OH is 1. The molecule has 142 valence electrons. The van der Waals surface area contributed by atoms with Crippen molar-refractivity contribution >= 4 is 17.3 Å². The van der Waals surface area contributed by atoms with E-state index in [4.69, 9.17) is 9.47 Å². The number of aromatic nitrogens is 4. The predicted molar refractivity (Wildman–Crippen MR) is 102 cm³/mol. The van der Waals surface area contributed by atoms with Crippen LogP contribution in [-0.2, 0) is 7.05 Å². The Morgan fingerprint density at radius 2 is 1.96 bits per heavy atom. The van der Waals surface area contributed by atoms with Crippen molar-refractivity contribution in [2.45, 2.75) is 6.04 Å². The topological polar surface area (TPSA) is 106 Å². The summed E-state index contributed by atoms with van der Waals surface area (Å²) in [6.45, 7) is -0.0925. The zero-order chi connectivity index (χ0) is 19.2. The van der Waals surface area contributed by atoms with Crippen molar-refractivity contribution < 1.29 is 14.6 Å². The second-order valence-electron chi connectivity index (χ2n) is 5.81. The number of aliphatic hydroxyl groups is 1. The van der Waals surface area contributed by atoms with Crippen LogP contribution < -0.4 is 20.1 Å². The van der Waals surface area contributed by atoms with Gasteiger partial charge in [0, 0.05) is 30.9 Å². The number of nitrogens with one attached hydrogen (secondary N) is 2. The third kappa shape index (κ3) is 4.45. The maximum Gasteiger partial charge on any atom is 0.146 e. The van der Waals surface area contributed by atoms with E-state index in [1.165, 1.54) is 6.33 Å². The van der Waals surface area contributed by atoms with Crippen LogP contribution in [0.25, 0.3) is 0 Å². The average Bonchev–Trinajstić information content (AvgIpc) is 3.13. The number of hydrogen-bond donors (Lipinski definition) is 3. The van der Waals surface area contributed by atoms with Crippen molar-refractivity contribution in [3.8, 4) is 11.5 Å². The molecule has 27 heavy (non-hydrogen) atoms. The normalized spacial score (nSPS) is 11.7. The smallest absolute Gasteiger partial charge is 0.146 e. The third-order valence-corrected chi connectivity index (χ3v) is 3.97. The van der Waals surface area contributed by atoms with E-state index >= 15 is 0 Å². The van der Waals surface area contributed by atoms with Crippen LogP contribution in [0.2, 0.25) is 0 Å². The molecule has 9 nitrogen and oxygen atoms in total. The fourth-order valence-corrected chi connectivity index (χ4v) is 2.58. The van der Waals surface area contributed by atoms with Crippen molar-refractivity contribution in [2.24, 2.45) is 7.05 Å². The summed E-state index contributed by atoms with van der Waals surface area (Å²) in [5.74, 6) is 2.48. The van der Waals surface area contributed by atoms with Gasteiger partial charge < -0.3 is 25.2 Å². The summed E-state index contributed by atoms with van der Waals surface area (Å²) < 4.78 is 12.3. The lowest BCUT2D eigenvalue weighted by atomic mass is 10.2. The summed E-state index contributed by atoms with van der Waals surface area (Å²) in [4.78, 5) is 8.45. The van der Waals surface area contributed by atoms with Crippen LogP contribution in [0.3, 0.4) is 0 Å². The van der Waals surface area contributed by atoms with Gasteiger partial charge in [-0.05, 0) is 12.1 Å². The number of benzene rings is 1. The van der Waals surface area contributed by atoms with Crippen molar-refractivity contribution in [1.29, 1.82) is 0 Å². The van der Waals surface area contributed by atoms with E-state index in [9.17, 15) is 5.11 Å². The second-order valence-corrected chi connectivity index (χ2v) is 5.81. The van der Waals surface area contributed by atoms with Crippen LogP contribution in [0.5, 0.6) is 11.5 Å². The average molecular weight is 370 g/mol. The van der Waals surface area contributed by atoms with Crippen LogP contribution in [0.15, 0.2) is 43.0 Å². The summed E-state index contributed by atoms with van der Waals surface area (Å²) in [5, 5.41) is 20.2. The fraction of sp³-hybridized carbons (Fsp3) is 0.278. The molecule has 9 heteroatoms. The van der Waals surface area contributed by atoms with E-state index in [0.717, 1.165) is 11.3 Å². The predicted octanol–water partition coefficient (Wildman–Crippen LogP) is 2.12. The molecule has 1 unspecified atom stereocenters. The highest BCUT2D eigenvalue weighted by Gasteiger charge is 2.13. The summed E-state index contributed by atoms with van der Waals surface area (Å²) in [6, 6.07) is 6.89. The van der Waals surface area contributed by atoms with E-state index in [0.29, 0.717) is 23.1 Å². The van der Waals surface area contributed by atoms with E-state index in [2.05, 4.69) is 25.7 Å². The lowest BCUT2D eigenvalue weighted by Crippen LogP contribution is -2.15. The second kappa shape index (κ2) is 8.37. The zero-order valence-corrected chi connectivity index (χ0v) is 15.4. The van der Waals surface area contributed by atoms with Gasteiger partial charge in [-0.3, -0.25) is 4.68 Å². The standard InChI is InChI=1S/C18H22N6O3/c1-24-9-12(8-21-24)15(10-25)23-18-7-17(19-11-20-18)22-14-5-4-13(26-2)6-16(14)27-3/h4-9,11,15,25H,10H2,1-3H3,(H2,19,20,22,23). The SMILES string of the molecule is COc1ccc(Nc2cc(NC(CO)c3cnn(C)c3)ncn2)c(OC)c1. The van der Waals surface area contributed by atoms with Gasteiger partial charge >= 0.3 is 0 Å². The molecule has 2 heterocycles. The highest BCUT2D eigenvalue weighted by atomic mass is 16.5. The molecule has 0 saturated carbocycles. The first-order valence-corrected chi connectivity index (χ1v) is 8.30. The summed E-state index contributed by atoms with van der Waals surface area (Å²) in [5.41, 5.74) is 1.61. The molecule has 1 aromatic carbocycles. The summed E-state index contributed by atoms with van der Waals surface area (Å²) in [6.07, 6.45) is 4.99. The number of hydrogen-bond acceptors (Lipinski definition) is 8. The van der Waals surface area contributed by atoms with Crippen LogP contribution >= 0.6 is 0 Å². The van der Waals surface area contributed by atoms with Crippen LogP contribution in [0.4, 0.5) is 17.3 Å². The molecule has 0 aliphatic carbocycles. The van der Waals surface area contributed by atoms with Gasteiger partial charge in [0.15, 0.2) is 0 Å². The summed E-state index contributed by atoms with van der Waals surface area (Å²) >= 11 is 0. The molecule has 3 N–H and O–H groups in total.